The van der Waals surface area contributed by atoms with Crippen molar-refractivity contribution in [1.29, 1.82) is 0 Å². The monoisotopic (exact) mass is 880 g/mol. The van der Waals surface area contributed by atoms with Gasteiger partial charge < -0.3 is 20.3 Å². The molecule has 3 atom stereocenters. The van der Waals surface area contributed by atoms with Gasteiger partial charge in [-0.15, -0.1) is 0 Å². The summed E-state index contributed by atoms with van der Waals surface area (Å²) in [6, 6.07) is -0.716. The third-order valence-corrected chi connectivity index (χ3v) is 11.8. The molecule has 63 heavy (non-hydrogen) atoms. The molecule has 0 bridgehead atoms. The van der Waals surface area contributed by atoms with E-state index in [1.54, 1.807) is 0 Å². The van der Waals surface area contributed by atoms with Crippen LogP contribution in [0.3, 0.4) is 0 Å². The average molecular weight is 880 g/mol. The van der Waals surface area contributed by atoms with Crippen molar-refractivity contribution >= 4 is 11.9 Å². The van der Waals surface area contributed by atoms with E-state index in [1.165, 1.54) is 122 Å². The van der Waals surface area contributed by atoms with E-state index in [4.69, 9.17) is 4.74 Å². The standard InChI is InChI=1S/C57H101NO5/c1-4-7-10-13-16-19-22-24-26-28-30-32-34-36-39-42-45-48-53(51-56(61)58-54(52-59)55(60)49-46-43-40-37-21-18-15-12-9-6-3)63-57(62)50-47-44-41-38-35-33-31-29-27-25-23-20-17-14-11-8-5-2/h8,11,17,20,24-27,31,33,38,41,53-55,59-60H,4-7,9-10,12-16,18-19,21-23,28-30,32,34-37,39-40,42-52H2,1-3H3,(H,58,61)/b11-8-,20-17-,26-24+,27-25-,33-31-,41-38-. The van der Waals surface area contributed by atoms with Gasteiger partial charge in [0.1, 0.15) is 6.10 Å². The Morgan fingerprint density at radius 3 is 1.32 bits per heavy atom. The first kappa shape index (κ1) is 60.3. The molecule has 0 saturated heterocycles. The van der Waals surface area contributed by atoms with Crippen LogP contribution >= 0.6 is 0 Å². The lowest BCUT2D eigenvalue weighted by molar-refractivity contribution is -0.151. The molecule has 3 unspecified atom stereocenters. The minimum absolute atomic E-state index is 0.0500. The topological polar surface area (TPSA) is 95.9 Å². The Morgan fingerprint density at radius 1 is 0.476 bits per heavy atom. The number of carbonyl (C=O) groups is 2. The molecule has 0 fully saturated rings. The fourth-order valence-electron chi connectivity index (χ4n) is 7.75. The first-order valence-electron chi connectivity index (χ1n) is 26.7. The number of amides is 1. The van der Waals surface area contributed by atoms with Crippen molar-refractivity contribution in [3.8, 4) is 0 Å². The molecule has 0 heterocycles. The first-order valence-corrected chi connectivity index (χ1v) is 26.7. The lowest BCUT2D eigenvalue weighted by Gasteiger charge is -2.24. The smallest absolute Gasteiger partial charge is 0.306 e. The summed E-state index contributed by atoms with van der Waals surface area (Å²) in [6.07, 6.45) is 64.0. The second-order valence-corrected chi connectivity index (χ2v) is 17.9. The highest BCUT2D eigenvalue weighted by Gasteiger charge is 2.24. The van der Waals surface area contributed by atoms with Crippen LogP contribution in [0.4, 0.5) is 0 Å². The summed E-state index contributed by atoms with van der Waals surface area (Å²) in [4.78, 5) is 26.2. The van der Waals surface area contributed by atoms with Crippen molar-refractivity contribution in [2.75, 3.05) is 6.61 Å². The fourth-order valence-corrected chi connectivity index (χ4v) is 7.75. The van der Waals surface area contributed by atoms with Gasteiger partial charge in [0.15, 0.2) is 0 Å². The Hall–Kier alpha value is -2.70. The zero-order valence-electron chi connectivity index (χ0n) is 41.4. The molecule has 0 aromatic carbocycles. The van der Waals surface area contributed by atoms with Gasteiger partial charge in [0.05, 0.1) is 25.2 Å². The minimum atomic E-state index is -0.800. The number of hydrogen-bond donors (Lipinski definition) is 3. The number of nitrogens with one attached hydrogen (secondary N) is 1. The Balaban J connectivity index is 4.68. The van der Waals surface area contributed by atoms with E-state index >= 15 is 0 Å². The van der Waals surface area contributed by atoms with Gasteiger partial charge in [-0.25, -0.2) is 0 Å². The number of esters is 1. The normalized spacial score (nSPS) is 13.8. The van der Waals surface area contributed by atoms with Gasteiger partial charge in [-0.1, -0.05) is 222 Å². The van der Waals surface area contributed by atoms with Crippen molar-refractivity contribution in [1.82, 2.24) is 5.32 Å². The van der Waals surface area contributed by atoms with Crippen LogP contribution in [-0.2, 0) is 14.3 Å². The quantitative estimate of drug-likeness (QED) is 0.0321. The van der Waals surface area contributed by atoms with Crippen LogP contribution in [0.5, 0.6) is 0 Å². The number of aliphatic hydroxyl groups is 2. The van der Waals surface area contributed by atoms with E-state index in [2.05, 4.69) is 99.0 Å². The molecule has 0 radical (unpaired) electrons. The third-order valence-electron chi connectivity index (χ3n) is 11.8. The first-order chi connectivity index (χ1) is 31.0. The molecule has 0 saturated carbocycles. The van der Waals surface area contributed by atoms with Gasteiger partial charge in [-0.3, -0.25) is 9.59 Å². The zero-order valence-corrected chi connectivity index (χ0v) is 41.4. The Bertz CT molecular complexity index is 1170. The molecule has 6 heteroatoms. The van der Waals surface area contributed by atoms with E-state index in [-0.39, 0.29) is 24.9 Å². The predicted octanol–water partition coefficient (Wildman–Crippen LogP) is 16.2. The summed E-state index contributed by atoms with van der Waals surface area (Å²) >= 11 is 0. The molecule has 1 amide bonds. The number of ether oxygens (including phenoxy) is 1. The van der Waals surface area contributed by atoms with Gasteiger partial charge >= 0.3 is 5.97 Å². The van der Waals surface area contributed by atoms with Gasteiger partial charge in [0.2, 0.25) is 5.91 Å². The van der Waals surface area contributed by atoms with Crippen LogP contribution in [0.2, 0.25) is 0 Å². The summed E-state index contributed by atoms with van der Waals surface area (Å²) in [5, 5.41) is 23.7. The molecule has 0 aromatic rings. The maximum atomic E-state index is 13.2. The fraction of sp³-hybridized carbons (Fsp3) is 0.754. The Kier molecular flexibility index (Phi) is 48.1. The van der Waals surface area contributed by atoms with Gasteiger partial charge in [0.25, 0.3) is 0 Å². The van der Waals surface area contributed by atoms with E-state index in [9.17, 15) is 19.8 Å². The van der Waals surface area contributed by atoms with Crippen LogP contribution in [0.15, 0.2) is 72.9 Å². The van der Waals surface area contributed by atoms with Crippen molar-refractivity contribution in [3.05, 3.63) is 72.9 Å². The average Bonchev–Trinajstić information content (AvgIpc) is 3.28. The number of rotatable bonds is 47. The highest BCUT2D eigenvalue weighted by molar-refractivity contribution is 5.77. The van der Waals surface area contributed by atoms with Gasteiger partial charge in [-0.05, 0) is 89.9 Å². The van der Waals surface area contributed by atoms with Gasteiger partial charge in [-0.2, -0.15) is 0 Å². The third kappa shape index (κ3) is 45.7. The van der Waals surface area contributed by atoms with Crippen LogP contribution in [-0.4, -0.2) is 46.9 Å². The molecule has 0 aromatic heterocycles. The Labute approximate surface area is 390 Å². The van der Waals surface area contributed by atoms with Gasteiger partial charge in [0, 0.05) is 6.42 Å². The molecule has 0 aliphatic rings. The highest BCUT2D eigenvalue weighted by Crippen LogP contribution is 2.17. The summed E-state index contributed by atoms with van der Waals surface area (Å²) in [5.74, 6) is -0.547. The van der Waals surface area contributed by atoms with E-state index < -0.39 is 18.2 Å². The largest absolute Gasteiger partial charge is 0.462 e. The highest BCUT2D eigenvalue weighted by atomic mass is 16.5. The summed E-state index contributed by atoms with van der Waals surface area (Å²) in [7, 11) is 0. The Morgan fingerprint density at radius 2 is 0.857 bits per heavy atom. The van der Waals surface area contributed by atoms with E-state index in [0.29, 0.717) is 25.7 Å². The maximum absolute atomic E-state index is 13.2. The number of aliphatic hydroxyl groups excluding tert-OH is 2. The molecule has 3 N–H and O–H groups in total. The lowest BCUT2D eigenvalue weighted by Crippen LogP contribution is -2.46. The van der Waals surface area contributed by atoms with Crippen molar-refractivity contribution in [2.45, 2.75) is 270 Å². The number of unbranched alkanes of at least 4 members (excludes halogenated alkanes) is 23. The number of allylic oxidation sites excluding steroid dienone is 12. The van der Waals surface area contributed by atoms with Crippen molar-refractivity contribution in [2.24, 2.45) is 0 Å². The SMILES string of the molecule is CC/C=C\C/C=C\C/C=C\C/C=C\C/C=C\CCCC(=O)OC(CCCCCCCCC/C=C/CCCCCCCC)CC(=O)NC(CO)C(O)CCCCCCCCCCCC. The molecule has 0 aliphatic heterocycles. The predicted molar refractivity (Wildman–Crippen MR) is 273 cm³/mol. The summed E-state index contributed by atoms with van der Waals surface area (Å²) < 4.78 is 5.91. The van der Waals surface area contributed by atoms with Crippen LogP contribution < -0.4 is 5.32 Å². The molecule has 0 aliphatic carbocycles. The van der Waals surface area contributed by atoms with Crippen molar-refractivity contribution in [3.63, 3.8) is 0 Å². The molecule has 6 nitrogen and oxygen atoms in total. The second-order valence-electron chi connectivity index (χ2n) is 17.9. The number of carbonyl (C=O) groups excluding carboxylic acids is 2. The zero-order chi connectivity index (χ0) is 45.9. The minimum Gasteiger partial charge on any atom is -0.462 e. The molecule has 0 spiro atoms. The van der Waals surface area contributed by atoms with E-state index in [0.717, 1.165) is 77.0 Å². The van der Waals surface area contributed by atoms with Crippen molar-refractivity contribution < 1.29 is 24.5 Å². The summed E-state index contributed by atoms with van der Waals surface area (Å²) in [6.45, 7) is 6.35. The molecular weight excluding hydrogens is 779 g/mol. The van der Waals surface area contributed by atoms with Crippen LogP contribution in [0.25, 0.3) is 0 Å². The molecule has 0 rings (SSSR count). The van der Waals surface area contributed by atoms with Crippen LogP contribution in [0, 0.1) is 0 Å². The second kappa shape index (κ2) is 50.3. The number of hydrogen-bond acceptors (Lipinski definition) is 5. The summed E-state index contributed by atoms with van der Waals surface area (Å²) in [5.41, 5.74) is 0. The van der Waals surface area contributed by atoms with E-state index in [1.807, 2.05) is 0 Å². The molecule has 364 valence electrons. The lowest BCUT2D eigenvalue weighted by atomic mass is 10.0. The van der Waals surface area contributed by atoms with Crippen LogP contribution in [0.1, 0.15) is 252 Å². The maximum Gasteiger partial charge on any atom is 0.306 e. The molecular formula is C57H101NO5.